The fraction of sp³-hybridized carbons (Fsp3) is 0.409. The summed E-state index contributed by atoms with van der Waals surface area (Å²) in [7, 11) is 7.21. The van der Waals surface area contributed by atoms with E-state index in [-0.39, 0.29) is 5.91 Å². The first-order valence-electron chi connectivity index (χ1n) is 9.24. The molecule has 0 aromatic heterocycles. The summed E-state index contributed by atoms with van der Waals surface area (Å²) in [5, 5.41) is 0. The van der Waals surface area contributed by atoms with Gasteiger partial charge in [0.1, 0.15) is 0 Å². The number of fused-ring (bicyclic) bond motifs is 1. The molecule has 0 spiro atoms. The van der Waals surface area contributed by atoms with Crippen LogP contribution >= 0.6 is 0 Å². The lowest BCUT2D eigenvalue weighted by molar-refractivity contribution is -0.130. The van der Waals surface area contributed by atoms with E-state index in [0.717, 1.165) is 18.5 Å². The summed E-state index contributed by atoms with van der Waals surface area (Å²) in [6.07, 6.45) is 1.26. The quantitative estimate of drug-likeness (QED) is 0.786. The van der Waals surface area contributed by atoms with Gasteiger partial charge in [-0.05, 0) is 30.7 Å². The molecule has 2 aromatic carbocycles. The predicted octanol–water partition coefficient (Wildman–Crippen LogP) is 2.76. The number of hydrogen-bond acceptors (Lipinski definition) is 4. The molecule has 1 unspecified atom stereocenters. The zero-order chi connectivity index (χ0) is 19.4. The molecular formula is C22H28N2O3. The van der Waals surface area contributed by atoms with Crippen molar-refractivity contribution in [2.45, 2.75) is 25.4 Å². The Morgan fingerprint density at radius 1 is 1.11 bits per heavy atom. The molecule has 144 valence electrons. The molecule has 0 bridgehead atoms. The van der Waals surface area contributed by atoms with Crippen molar-refractivity contribution >= 4 is 5.91 Å². The average molecular weight is 368 g/mol. The van der Waals surface area contributed by atoms with E-state index in [1.54, 1.807) is 14.2 Å². The van der Waals surface area contributed by atoms with E-state index < -0.39 is 0 Å². The Morgan fingerprint density at radius 2 is 1.85 bits per heavy atom. The van der Waals surface area contributed by atoms with Crippen molar-refractivity contribution in [3.05, 3.63) is 59.2 Å². The topological polar surface area (TPSA) is 42.0 Å². The highest BCUT2D eigenvalue weighted by Gasteiger charge is 2.26. The number of hydrogen-bond donors (Lipinski definition) is 0. The number of ether oxygens (including phenoxy) is 2. The Hall–Kier alpha value is -2.53. The molecule has 2 aromatic rings. The molecule has 0 saturated carbocycles. The summed E-state index contributed by atoms with van der Waals surface area (Å²) < 4.78 is 10.8. The third kappa shape index (κ3) is 4.25. The van der Waals surface area contributed by atoms with Gasteiger partial charge < -0.3 is 14.4 Å². The number of likely N-dealkylation sites (N-methyl/N-ethyl adjacent to an activating group) is 2. The van der Waals surface area contributed by atoms with Gasteiger partial charge in [0, 0.05) is 31.7 Å². The summed E-state index contributed by atoms with van der Waals surface area (Å²) in [6.45, 7) is 1.63. The second-order valence-electron chi connectivity index (χ2n) is 7.15. The molecule has 0 fully saturated rings. The minimum Gasteiger partial charge on any atom is -0.493 e. The van der Waals surface area contributed by atoms with E-state index in [2.05, 4.69) is 36.2 Å². The van der Waals surface area contributed by atoms with Gasteiger partial charge in [-0.3, -0.25) is 9.69 Å². The van der Waals surface area contributed by atoms with Gasteiger partial charge in [0.2, 0.25) is 5.91 Å². The molecule has 1 heterocycles. The van der Waals surface area contributed by atoms with Gasteiger partial charge in [0.05, 0.1) is 20.6 Å². The third-order valence-corrected chi connectivity index (χ3v) is 5.35. The summed E-state index contributed by atoms with van der Waals surface area (Å²) in [4.78, 5) is 17.0. The molecule has 0 aliphatic carbocycles. The van der Waals surface area contributed by atoms with Gasteiger partial charge in [-0.25, -0.2) is 0 Å². The zero-order valence-corrected chi connectivity index (χ0v) is 16.6. The van der Waals surface area contributed by atoms with E-state index in [0.29, 0.717) is 30.5 Å². The van der Waals surface area contributed by atoms with E-state index >= 15 is 0 Å². The second kappa shape index (κ2) is 8.44. The van der Waals surface area contributed by atoms with Crippen LogP contribution in [0.2, 0.25) is 0 Å². The smallest absolute Gasteiger partial charge is 0.226 e. The van der Waals surface area contributed by atoms with Gasteiger partial charge in [-0.1, -0.05) is 36.4 Å². The number of carbonyl (C=O) groups excluding carboxylic acids is 1. The first-order valence-corrected chi connectivity index (χ1v) is 9.24. The maximum absolute atomic E-state index is 12.8. The van der Waals surface area contributed by atoms with E-state index in [1.807, 2.05) is 30.1 Å². The third-order valence-electron chi connectivity index (χ3n) is 5.35. The second-order valence-corrected chi connectivity index (χ2v) is 7.15. The van der Waals surface area contributed by atoms with E-state index in [9.17, 15) is 4.79 Å². The van der Waals surface area contributed by atoms with Crippen LogP contribution in [0.5, 0.6) is 11.5 Å². The van der Waals surface area contributed by atoms with Crippen LogP contribution in [-0.2, 0) is 24.2 Å². The van der Waals surface area contributed by atoms with Gasteiger partial charge in [0.25, 0.3) is 0 Å². The Kier molecular flexibility index (Phi) is 6.01. The molecule has 5 heteroatoms. The Morgan fingerprint density at radius 3 is 2.56 bits per heavy atom. The molecule has 1 aliphatic rings. The SMILES string of the molecule is COc1cccc(CC(=O)N(C)CC2Cc3ccccc3CN2C)c1OC. The lowest BCUT2D eigenvalue weighted by atomic mass is 9.94. The summed E-state index contributed by atoms with van der Waals surface area (Å²) in [5.74, 6) is 1.35. The van der Waals surface area contributed by atoms with Crippen LogP contribution < -0.4 is 9.47 Å². The van der Waals surface area contributed by atoms with Crippen molar-refractivity contribution in [1.82, 2.24) is 9.80 Å². The number of nitrogens with zero attached hydrogens (tertiary/aromatic N) is 2. The maximum Gasteiger partial charge on any atom is 0.226 e. The predicted molar refractivity (Wildman–Crippen MR) is 106 cm³/mol. The fourth-order valence-electron chi connectivity index (χ4n) is 3.73. The average Bonchev–Trinajstić information content (AvgIpc) is 2.68. The standard InChI is InChI=1S/C22H28N2O3/c1-23-14-18-9-6-5-8-16(18)12-19(23)15-24(2)21(25)13-17-10-7-11-20(26-3)22(17)27-4/h5-11,19H,12-15H2,1-4H3. The van der Waals surface area contributed by atoms with Crippen LogP contribution in [0.25, 0.3) is 0 Å². The minimum atomic E-state index is 0.0776. The van der Waals surface area contributed by atoms with Crippen LogP contribution in [0.4, 0.5) is 0 Å². The fourth-order valence-corrected chi connectivity index (χ4v) is 3.73. The number of methoxy groups -OCH3 is 2. The molecule has 0 saturated heterocycles. The maximum atomic E-state index is 12.8. The van der Waals surface area contributed by atoms with Crippen LogP contribution in [0, 0.1) is 0 Å². The lowest BCUT2D eigenvalue weighted by Crippen LogP contribution is -2.46. The number of carbonyl (C=O) groups is 1. The number of amides is 1. The van der Waals surface area contributed by atoms with E-state index in [4.69, 9.17) is 9.47 Å². The lowest BCUT2D eigenvalue weighted by Gasteiger charge is -2.36. The zero-order valence-electron chi connectivity index (χ0n) is 16.6. The molecule has 0 N–H and O–H groups in total. The highest BCUT2D eigenvalue weighted by molar-refractivity contribution is 5.79. The molecule has 27 heavy (non-hydrogen) atoms. The van der Waals surface area contributed by atoms with Crippen molar-refractivity contribution in [2.75, 3.05) is 34.9 Å². The molecular weight excluding hydrogens is 340 g/mol. The molecule has 1 aliphatic heterocycles. The minimum absolute atomic E-state index is 0.0776. The van der Waals surface area contributed by atoms with Crippen molar-refractivity contribution in [3.63, 3.8) is 0 Å². The summed E-state index contributed by atoms with van der Waals surface area (Å²) in [5.41, 5.74) is 3.61. The first kappa shape index (κ1) is 19.2. The monoisotopic (exact) mass is 368 g/mol. The van der Waals surface area contributed by atoms with Crippen molar-refractivity contribution in [1.29, 1.82) is 0 Å². The molecule has 5 nitrogen and oxygen atoms in total. The number of rotatable bonds is 6. The summed E-state index contributed by atoms with van der Waals surface area (Å²) >= 11 is 0. The van der Waals surface area contributed by atoms with E-state index in [1.165, 1.54) is 11.1 Å². The van der Waals surface area contributed by atoms with Gasteiger partial charge in [-0.15, -0.1) is 0 Å². The highest BCUT2D eigenvalue weighted by atomic mass is 16.5. The van der Waals surface area contributed by atoms with Crippen LogP contribution in [0.15, 0.2) is 42.5 Å². The molecule has 1 amide bonds. The Balaban J connectivity index is 1.67. The Labute approximate surface area is 161 Å². The normalized spacial score (nSPS) is 16.5. The Bertz CT molecular complexity index is 806. The highest BCUT2D eigenvalue weighted by Crippen LogP contribution is 2.31. The molecule has 1 atom stereocenters. The van der Waals surface area contributed by atoms with Crippen LogP contribution in [0.1, 0.15) is 16.7 Å². The first-order chi connectivity index (χ1) is 13.0. The number of para-hydroxylation sites is 1. The number of benzene rings is 2. The van der Waals surface area contributed by atoms with Crippen LogP contribution in [-0.4, -0.2) is 56.6 Å². The van der Waals surface area contributed by atoms with Crippen LogP contribution in [0.3, 0.4) is 0 Å². The summed E-state index contributed by atoms with van der Waals surface area (Å²) in [6, 6.07) is 14.5. The van der Waals surface area contributed by atoms with Gasteiger partial charge in [0.15, 0.2) is 11.5 Å². The molecule has 0 radical (unpaired) electrons. The largest absolute Gasteiger partial charge is 0.493 e. The van der Waals surface area contributed by atoms with Gasteiger partial charge >= 0.3 is 0 Å². The van der Waals surface area contributed by atoms with Crippen molar-refractivity contribution in [2.24, 2.45) is 0 Å². The van der Waals surface area contributed by atoms with Gasteiger partial charge in [-0.2, -0.15) is 0 Å². The van der Waals surface area contributed by atoms with Crippen molar-refractivity contribution < 1.29 is 14.3 Å². The van der Waals surface area contributed by atoms with Crippen molar-refractivity contribution in [3.8, 4) is 11.5 Å². The molecule has 3 rings (SSSR count).